The summed E-state index contributed by atoms with van der Waals surface area (Å²) in [6, 6.07) is 0.498. The topological polar surface area (TPSA) is 65.7 Å². The third-order valence-corrected chi connectivity index (χ3v) is 4.50. The van der Waals surface area contributed by atoms with E-state index in [-0.39, 0.29) is 5.41 Å². The van der Waals surface area contributed by atoms with Crippen LogP contribution in [0, 0.1) is 5.92 Å². The van der Waals surface area contributed by atoms with Crippen LogP contribution in [0.1, 0.15) is 66.5 Å². The van der Waals surface area contributed by atoms with Crippen LogP contribution in [-0.4, -0.2) is 48.6 Å². The summed E-state index contributed by atoms with van der Waals surface area (Å²) in [5.74, 6) is 3.03. The Morgan fingerprint density at radius 2 is 1.88 bits per heavy atom. The van der Waals surface area contributed by atoms with Crippen LogP contribution in [0.5, 0.6) is 0 Å². The Labute approximate surface area is 159 Å². The van der Waals surface area contributed by atoms with E-state index >= 15 is 0 Å². The van der Waals surface area contributed by atoms with Gasteiger partial charge in [-0.15, -0.1) is 0 Å². The third-order valence-electron chi connectivity index (χ3n) is 4.50. The van der Waals surface area contributed by atoms with Gasteiger partial charge in [-0.1, -0.05) is 48.5 Å². The Balaban J connectivity index is 2.59. The molecule has 1 heterocycles. The highest BCUT2D eigenvalue weighted by atomic mass is 16.4. The highest BCUT2D eigenvalue weighted by Gasteiger charge is 2.20. The van der Waals surface area contributed by atoms with Crippen LogP contribution < -0.4 is 10.6 Å². The van der Waals surface area contributed by atoms with Gasteiger partial charge in [0.25, 0.3) is 0 Å². The van der Waals surface area contributed by atoms with E-state index in [1.165, 1.54) is 6.42 Å². The predicted octanol–water partition coefficient (Wildman–Crippen LogP) is 3.39. The number of rotatable bonds is 9. The zero-order valence-electron chi connectivity index (χ0n) is 18.0. The number of guanidine groups is 1. The van der Waals surface area contributed by atoms with Crippen molar-refractivity contribution in [3.8, 4) is 0 Å². The van der Waals surface area contributed by atoms with Crippen LogP contribution in [0.2, 0.25) is 0 Å². The normalized spacial score (nSPS) is 14.2. The van der Waals surface area contributed by atoms with E-state index in [1.807, 2.05) is 6.20 Å². The molecule has 0 aliphatic rings. The molecule has 26 heavy (non-hydrogen) atoms. The summed E-state index contributed by atoms with van der Waals surface area (Å²) in [6.45, 7) is 18.9. The molecule has 0 aliphatic heterocycles. The quantitative estimate of drug-likeness (QED) is 0.519. The van der Waals surface area contributed by atoms with E-state index in [1.54, 1.807) is 7.05 Å². The van der Waals surface area contributed by atoms with Crippen molar-refractivity contribution < 1.29 is 4.42 Å². The molecule has 1 rings (SSSR count). The van der Waals surface area contributed by atoms with Crippen molar-refractivity contribution in [3.05, 3.63) is 17.8 Å². The Morgan fingerprint density at radius 3 is 2.35 bits per heavy atom. The lowest BCUT2D eigenvalue weighted by Gasteiger charge is -2.31. The molecule has 0 radical (unpaired) electrons. The lowest BCUT2D eigenvalue weighted by molar-refractivity contribution is 0.191. The zero-order chi connectivity index (χ0) is 19.7. The van der Waals surface area contributed by atoms with Gasteiger partial charge in [0, 0.05) is 25.0 Å². The first-order chi connectivity index (χ1) is 12.2. The Kier molecular flexibility index (Phi) is 9.13. The summed E-state index contributed by atoms with van der Waals surface area (Å²) in [6.07, 6.45) is 2.98. The predicted molar refractivity (Wildman–Crippen MR) is 110 cm³/mol. The maximum Gasteiger partial charge on any atom is 0.213 e. The van der Waals surface area contributed by atoms with Gasteiger partial charge in [0.05, 0.1) is 12.7 Å². The average Bonchev–Trinajstić information content (AvgIpc) is 3.04. The maximum atomic E-state index is 5.83. The van der Waals surface area contributed by atoms with Crippen LogP contribution in [0.25, 0.3) is 0 Å². The molecule has 0 aliphatic carbocycles. The molecular formula is C20H39N5O. The third kappa shape index (κ3) is 7.36. The van der Waals surface area contributed by atoms with E-state index in [9.17, 15) is 0 Å². The van der Waals surface area contributed by atoms with E-state index < -0.39 is 0 Å². The SMILES string of the molecule is CCN(CC)C(CNC(=NC)NCc1ncc(C(C)(C)C)o1)CC(C)C. The number of likely N-dealkylation sites (N-methyl/N-ethyl adjacent to an activating group) is 1. The monoisotopic (exact) mass is 365 g/mol. The molecule has 1 unspecified atom stereocenters. The van der Waals surface area contributed by atoms with E-state index in [0.717, 1.165) is 31.4 Å². The van der Waals surface area contributed by atoms with Gasteiger partial charge in [0.15, 0.2) is 5.96 Å². The number of aromatic nitrogens is 1. The fourth-order valence-corrected chi connectivity index (χ4v) is 2.98. The number of nitrogens with zero attached hydrogens (tertiary/aromatic N) is 3. The van der Waals surface area contributed by atoms with E-state index in [0.29, 0.717) is 24.4 Å². The number of oxazole rings is 1. The van der Waals surface area contributed by atoms with Crippen molar-refractivity contribution >= 4 is 5.96 Å². The van der Waals surface area contributed by atoms with Gasteiger partial charge in [0.1, 0.15) is 5.76 Å². The van der Waals surface area contributed by atoms with Gasteiger partial charge >= 0.3 is 0 Å². The number of nitrogens with one attached hydrogen (secondary N) is 2. The smallest absolute Gasteiger partial charge is 0.213 e. The molecule has 1 aromatic heterocycles. The number of aliphatic imine (C=N–C) groups is 1. The van der Waals surface area contributed by atoms with Crippen molar-refractivity contribution in [2.45, 2.75) is 72.9 Å². The van der Waals surface area contributed by atoms with Gasteiger partial charge in [-0.25, -0.2) is 4.98 Å². The van der Waals surface area contributed by atoms with Crippen molar-refractivity contribution in [3.63, 3.8) is 0 Å². The molecule has 0 spiro atoms. The second-order valence-corrected chi connectivity index (χ2v) is 8.18. The standard InChI is InChI=1S/C20H39N5O/c1-9-25(10-2)16(11-15(3)4)12-23-19(21-8)24-14-18-22-13-17(26-18)20(5,6)7/h13,15-16H,9-12,14H2,1-8H3,(H2,21,23,24). The molecule has 0 bridgehead atoms. The molecule has 1 aromatic rings. The molecule has 150 valence electrons. The highest BCUT2D eigenvalue weighted by molar-refractivity contribution is 5.79. The molecule has 0 amide bonds. The van der Waals surface area contributed by atoms with Gasteiger partial charge in [-0.3, -0.25) is 9.89 Å². The molecule has 2 N–H and O–H groups in total. The summed E-state index contributed by atoms with van der Waals surface area (Å²) in [7, 11) is 1.79. The zero-order valence-corrected chi connectivity index (χ0v) is 18.0. The highest BCUT2D eigenvalue weighted by Crippen LogP contribution is 2.22. The Bertz CT molecular complexity index is 541. The molecule has 0 saturated carbocycles. The summed E-state index contributed by atoms with van der Waals surface area (Å²) in [4.78, 5) is 11.2. The van der Waals surface area contributed by atoms with Crippen molar-refractivity contribution in [1.82, 2.24) is 20.5 Å². The number of hydrogen-bond donors (Lipinski definition) is 2. The van der Waals surface area contributed by atoms with Crippen LogP contribution in [0.3, 0.4) is 0 Å². The second-order valence-electron chi connectivity index (χ2n) is 8.18. The fourth-order valence-electron chi connectivity index (χ4n) is 2.98. The van der Waals surface area contributed by atoms with Crippen molar-refractivity contribution in [1.29, 1.82) is 0 Å². The molecule has 0 fully saturated rings. The molecule has 0 saturated heterocycles. The summed E-state index contributed by atoms with van der Waals surface area (Å²) < 4.78 is 5.83. The van der Waals surface area contributed by atoms with Crippen LogP contribution >= 0.6 is 0 Å². The molecular weight excluding hydrogens is 326 g/mol. The minimum atomic E-state index is -0.0288. The maximum absolute atomic E-state index is 5.83. The first-order valence-electron chi connectivity index (χ1n) is 9.84. The Hall–Kier alpha value is -1.56. The molecule has 0 aromatic carbocycles. The fraction of sp³-hybridized carbons (Fsp3) is 0.800. The number of hydrogen-bond acceptors (Lipinski definition) is 4. The first kappa shape index (κ1) is 22.5. The molecule has 6 nitrogen and oxygen atoms in total. The van der Waals surface area contributed by atoms with Gasteiger partial charge in [-0.2, -0.15) is 0 Å². The molecule has 6 heteroatoms. The van der Waals surface area contributed by atoms with Crippen molar-refractivity contribution in [2.75, 3.05) is 26.7 Å². The van der Waals surface area contributed by atoms with E-state index in [4.69, 9.17) is 4.42 Å². The minimum absolute atomic E-state index is 0.0288. The minimum Gasteiger partial charge on any atom is -0.443 e. The Morgan fingerprint density at radius 1 is 1.23 bits per heavy atom. The lowest BCUT2D eigenvalue weighted by atomic mass is 9.94. The lowest BCUT2D eigenvalue weighted by Crippen LogP contribution is -2.47. The summed E-state index contributed by atoms with van der Waals surface area (Å²) >= 11 is 0. The summed E-state index contributed by atoms with van der Waals surface area (Å²) in [5.41, 5.74) is -0.0288. The van der Waals surface area contributed by atoms with Gasteiger partial charge in [0.2, 0.25) is 5.89 Å². The van der Waals surface area contributed by atoms with Gasteiger partial charge in [-0.05, 0) is 25.4 Å². The molecule has 1 atom stereocenters. The largest absolute Gasteiger partial charge is 0.443 e. The van der Waals surface area contributed by atoms with Crippen LogP contribution in [0.4, 0.5) is 0 Å². The average molecular weight is 366 g/mol. The van der Waals surface area contributed by atoms with Crippen molar-refractivity contribution in [2.24, 2.45) is 10.9 Å². The second kappa shape index (κ2) is 10.6. The first-order valence-corrected chi connectivity index (χ1v) is 9.84. The van der Waals surface area contributed by atoms with Crippen LogP contribution in [-0.2, 0) is 12.0 Å². The summed E-state index contributed by atoms with van der Waals surface area (Å²) in [5, 5.41) is 6.76. The van der Waals surface area contributed by atoms with E-state index in [2.05, 4.69) is 74.0 Å². The van der Waals surface area contributed by atoms with Gasteiger partial charge < -0.3 is 15.1 Å². The van der Waals surface area contributed by atoms with Crippen LogP contribution in [0.15, 0.2) is 15.6 Å².